The van der Waals surface area contributed by atoms with Crippen LogP contribution in [0.15, 0.2) is 36.4 Å². The number of ether oxygens (including phenoxy) is 5. The van der Waals surface area contributed by atoms with E-state index in [0.717, 1.165) is 0 Å². The Hall–Kier alpha value is -3.88. The molecule has 0 spiro atoms. The van der Waals surface area contributed by atoms with E-state index in [4.69, 9.17) is 29.4 Å². The van der Waals surface area contributed by atoms with Crippen LogP contribution in [0.1, 0.15) is 5.56 Å². The van der Waals surface area contributed by atoms with Crippen LogP contribution in [0.25, 0.3) is 6.08 Å². The molecule has 3 N–H and O–H groups in total. The minimum absolute atomic E-state index is 0.0836. The van der Waals surface area contributed by atoms with Crippen molar-refractivity contribution < 1.29 is 33.3 Å². The van der Waals surface area contributed by atoms with Gasteiger partial charge in [0.1, 0.15) is 17.2 Å². The van der Waals surface area contributed by atoms with Crippen molar-refractivity contribution in [3.63, 3.8) is 0 Å². The van der Waals surface area contributed by atoms with Gasteiger partial charge in [0.2, 0.25) is 5.91 Å². The second-order valence-electron chi connectivity index (χ2n) is 5.55. The average molecular weight is 402 g/mol. The van der Waals surface area contributed by atoms with Gasteiger partial charge >= 0.3 is 6.09 Å². The summed E-state index contributed by atoms with van der Waals surface area (Å²) in [5.74, 6) is 1.46. The van der Waals surface area contributed by atoms with Gasteiger partial charge in [0, 0.05) is 30.0 Å². The van der Waals surface area contributed by atoms with Crippen molar-refractivity contribution in [2.24, 2.45) is 5.73 Å². The van der Waals surface area contributed by atoms with E-state index in [-0.39, 0.29) is 5.75 Å². The predicted octanol–water partition coefficient (Wildman–Crippen LogP) is 2.83. The lowest BCUT2D eigenvalue weighted by Gasteiger charge is -2.12. The van der Waals surface area contributed by atoms with E-state index in [9.17, 15) is 9.59 Å². The van der Waals surface area contributed by atoms with Crippen molar-refractivity contribution in [3.8, 4) is 28.7 Å². The van der Waals surface area contributed by atoms with E-state index < -0.39 is 12.0 Å². The number of hydrogen-bond donors (Lipinski definition) is 2. The van der Waals surface area contributed by atoms with Crippen LogP contribution in [0.5, 0.6) is 28.7 Å². The average Bonchev–Trinajstić information content (AvgIpc) is 2.71. The number of methoxy groups -OCH3 is 4. The van der Waals surface area contributed by atoms with Crippen molar-refractivity contribution in [2.45, 2.75) is 0 Å². The van der Waals surface area contributed by atoms with Crippen LogP contribution in [0.3, 0.4) is 0 Å². The van der Waals surface area contributed by atoms with Gasteiger partial charge in [-0.05, 0) is 18.2 Å². The second kappa shape index (κ2) is 9.88. The smallest absolute Gasteiger partial charge is 0.410 e. The highest BCUT2D eigenvalue weighted by molar-refractivity contribution is 6.02. The molecule has 2 rings (SSSR count). The van der Waals surface area contributed by atoms with Crippen LogP contribution < -0.4 is 34.7 Å². The SMILES string of the molecule is COc1cc(OC)c(C=CC(=O)Nc2ccc(OC)c(OC(N)=O)c2)c(OC)c1. The van der Waals surface area contributed by atoms with Gasteiger partial charge in [-0.1, -0.05) is 0 Å². The highest BCUT2D eigenvalue weighted by Crippen LogP contribution is 2.35. The number of amides is 2. The molecule has 9 nitrogen and oxygen atoms in total. The number of carbonyl (C=O) groups excluding carboxylic acids is 2. The van der Waals surface area contributed by atoms with Crippen LogP contribution in [0.2, 0.25) is 0 Å². The van der Waals surface area contributed by atoms with Gasteiger partial charge in [0.05, 0.1) is 34.0 Å². The Morgan fingerprint density at radius 3 is 2.00 bits per heavy atom. The molecular formula is C20H22N2O7. The molecule has 0 saturated heterocycles. The van der Waals surface area contributed by atoms with Crippen molar-refractivity contribution >= 4 is 23.8 Å². The number of nitrogens with two attached hydrogens (primary N) is 1. The fourth-order valence-electron chi connectivity index (χ4n) is 2.48. The molecule has 0 fully saturated rings. The molecule has 0 radical (unpaired) electrons. The number of anilines is 1. The van der Waals surface area contributed by atoms with Crippen molar-refractivity contribution in [1.82, 2.24) is 0 Å². The predicted molar refractivity (Wildman–Crippen MR) is 107 cm³/mol. The van der Waals surface area contributed by atoms with E-state index in [0.29, 0.717) is 34.2 Å². The minimum Gasteiger partial charge on any atom is -0.496 e. The maximum absolute atomic E-state index is 12.3. The maximum Gasteiger partial charge on any atom is 0.410 e. The van der Waals surface area contributed by atoms with Gasteiger partial charge in [0.15, 0.2) is 11.5 Å². The number of benzene rings is 2. The third-order valence-electron chi connectivity index (χ3n) is 3.80. The van der Waals surface area contributed by atoms with E-state index in [2.05, 4.69) is 5.32 Å². The molecule has 2 aromatic carbocycles. The molecule has 0 bridgehead atoms. The molecule has 0 aliphatic heterocycles. The Labute approximate surface area is 167 Å². The zero-order valence-electron chi connectivity index (χ0n) is 16.5. The number of primary amides is 1. The molecule has 0 saturated carbocycles. The molecule has 29 heavy (non-hydrogen) atoms. The molecular weight excluding hydrogens is 380 g/mol. The molecule has 9 heteroatoms. The molecule has 0 heterocycles. The summed E-state index contributed by atoms with van der Waals surface area (Å²) in [5.41, 5.74) is 5.99. The van der Waals surface area contributed by atoms with Gasteiger partial charge in [-0.2, -0.15) is 0 Å². The Morgan fingerprint density at radius 2 is 1.48 bits per heavy atom. The first-order valence-corrected chi connectivity index (χ1v) is 8.36. The molecule has 0 atom stereocenters. The van der Waals surface area contributed by atoms with Gasteiger partial charge in [-0.3, -0.25) is 4.79 Å². The first-order chi connectivity index (χ1) is 13.9. The molecule has 0 unspecified atom stereocenters. The van der Waals surface area contributed by atoms with Crippen LogP contribution >= 0.6 is 0 Å². The summed E-state index contributed by atoms with van der Waals surface area (Å²) in [6, 6.07) is 7.90. The third-order valence-corrected chi connectivity index (χ3v) is 3.80. The van der Waals surface area contributed by atoms with Gasteiger partial charge in [-0.25, -0.2) is 4.79 Å². The fraction of sp³-hybridized carbons (Fsp3) is 0.200. The van der Waals surface area contributed by atoms with Crippen molar-refractivity contribution in [3.05, 3.63) is 42.0 Å². The number of hydrogen-bond acceptors (Lipinski definition) is 7. The Bertz CT molecular complexity index is 900. The first kappa shape index (κ1) is 21.4. The maximum atomic E-state index is 12.3. The molecule has 2 aromatic rings. The van der Waals surface area contributed by atoms with Crippen molar-refractivity contribution in [1.29, 1.82) is 0 Å². The van der Waals surface area contributed by atoms with Crippen LogP contribution in [0.4, 0.5) is 10.5 Å². The summed E-state index contributed by atoms with van der Waals surface area (Å²) in [5, 5.41) is 2.65. The Morgan fingerprint density at radius 1 is 0.862 bits per heavy atom. The highest BCUT2D eigenvalue weighted by Gasteiger charge is 2.12. The third kappa shape index (κ3) is 5.55. The summed E-state index contributed by atoms with van der Waals surface area (Å²) < 4.78 is 25.8. The van der Waals surface area contributed by atoms with E-state index >= 15 is 0 Å². The van der Waals surface area contributed by atoms with Crippen molar-refractivity contribution in [2.75, 3.05) is 33.8 Å². The van der Waals surface area contributed by atoms with E-state index in [1.165, 1.54) is 46.6 Å². The standard InChI is InChI=1S/C20H22N2O7/c1-25-13-10-16(27-3)14(17(11-13)28-4)6-8-19(23)22-12-5-7-15(26-2)18(9-12)29-20(21)24/h5-11H,1-4H3,(H2,21,24)(H,22,23). The largest absolute Gasteiger partial charge is 0.496 e. The molecule has 154 valence electrons. The van der Waals surface area contributed by atoms with Gasteiger partial charge in [-0.15, -0.1) is 0 Å². The monoisotopic (exact) mass is 402 g/mol. The van der Waals surface area contributed by atoms with E-state index in [1.54, 1.807) is 24.3 Å². The zero-order chi connectivity index (χ0) is 21.4. The van der Waals surface area contributed by atoms with Crippen LogP contribution in [-0.2, 0) is 4.79 Å². The molecule has 0 aromatic heterocycles. The number of carbonyl (C=O) groups is 2. The summed E-state index contributed by atoms with van der Waals surface area (Å²) >= 11 is 0. The number of rotatable bonds is 8. The summed E-state index contributed by atoms with van der Waals surface area (Å²) in [6.07, 6.45) is 1.87. The first-order valence-electron chi connectivity index (χ1n) is 8.36. The lowest BCUT2D eigenvalue weighted by molar-refractivity contribution is -0.111. The second-order valence-corrected chi connectivity index (χ2v) is 5.55. The molecule has 0 aliphatic rings. The molecule has 2 amide bonds. The van der Waals surface area contributed by atoms with Crippen LogP contribution in [0, 0.1) is 0 Å². The minimum atomic E-state index is -0.995. The zero-order valence-corrected chi connectivity index (χ0v) is 16.5. The summed E-state index contributed by atoms with van der Waals surface area (Å²) in [7, 11) is 5.95. The quantitative estimate of drug-likeness (QED) is 0.652. The fourth-order valence-corrected chi connectivity index (χ4v) is 2.48. The summed E-state index contributed by atoms with van der Waals surface area (Å²) in [4.78, 5) is 23.3. The van der Waals surface area contributed by atoms with E-state index in [1.807, 2.05) is 0 Å². The number of nitrogens with one attached hydrogen (secondary N) is 1. The topological polar surface area (TPSA) is 118 Å². The Balaban J connectivity index is 2.23. The summed E-state index contributed by atoms with van der Waals surface area (Å²) in [6.45, 7) is 0. The normalized spacial score (nSPS) is 10.3. The molecule has 0 aliphatic carbocycles. The lowest BCUT2D eigenvalue weighted by atomic mass is 10.1. The van der Waals surface area contributed by atoms with Gasteiger partial charge in [0.25, 0.3) is 0 Å². The lowest BCUT2D eigenvalue weighted by Crippen LogP contribution is -2.17. The van der Waals surface area contributed by atoms with Crippen LogP contribution in [-0.4, -0.2) is 40.4 Å². The highest BCUT2D eigenvalue weighted by atomic mass is 16.6. The van der Waals surface area contributed by atoms with Gasteiger partial charge < -0.3 is 34.7 Å². The Kier molecular flexibility index (Phi) is 7.30.